The summed E-state index contributed by atoms with van der Waals surface area (Å²) in [6.45, 7) is 0.771. The van der Waals surface area contributed by atoms with Gasteiger partial charge in [-0.3, -0.25) is 33.0 Å². The van der Waals surface area contributed by atoms with E-state index >= 15 is 0 Å². The van der Waals surface area contributed by atoms with Gasteiger partial charge in [0.15, 0.2) is 11.9 Å². The van der Waals surface area contributed by atoms with Crippen LogP contribution < -0.4 is 15.8 Å². The first kappa shape index (κ1) is 52.6. The molecule has 0 heterocycles. The molecule has 2 rings (SSSR count). The van der Waals surface area contributed by atoms with E-state index in [9.17, 15) is 33.4 Å². The summed E-state index contributed by atoms with van der Waals surface area (Å²) in [6.07, 6.45) is 20.6. The number of carboxylic acid groups (broad SMARTS) is 1. The molecule has 0 spiro atoms. The minimum atomic E-state index is -4.79. The number of esters is 2. The van der Waals surface area contributed by atoms with Crippen LogP contribution >= 0.6 is 7.82 Å². The Morgan fingerprint density at radius 2 is 1.20 bits per heavy atom. The van der Waals surface area contributed by atoms with Crippen LogP contribution in [-0.2, 0) is 37.5 Å². The Morgan fingerprint density at radius 1 is 0.705 bits per heavy atom. The summed E-state index contributed by atoms with van der Waals surface area (Å²) in [6, 6.07) is 11.3. The van der Waals surface area contributed by atoms with Gasteiger partial charge in [-0.15, -0.1) is 6.42 Å². The number of ether oxygens (including phenoxy) is 3. The first-order valence-corrected chi connectivity index (χ1v) is 22.9. The number of phosphoric acid groups is 1. The molecule has 0 aliphatic carbocycles. The van der Waals surface area contributed by atoms with Crippen molar-refractivity contribution in [1.29, 1.82) is 0 Å². The molecule has 0 radical (unpaired) electrons. The number of hydrogen-bond donors (Lipinski definition) is 4. The molecule has 0 fully saturated rings. The Hall–Kier alpha value is -4.58. The Bertz CT molecular complexity index is 1700. The normalized spacial score (nSPS) is 13.0. The van der Waals surface area contributed by atoms with Crippen molar-refractivity contribution >= 4 is 37.4 Å². The van der Waals surface area contributed by atoms with Crippen LogP contribution in [0.25, 0.3) is 0 Å². The van der Waals surface area contributed by atoms with E-state index in [2.05, 4.69) is 22.7 Å². The van der Waals surface area contributed by atoms with Crippen LogP contribution in [0.1, 0.15) is 149 Å². The van der Waals surface area contributed by atoms with Gasteiger partial charge in [0.05, 0.1) is 13.2 Å². The van der Waals surface area contributed by atoms with Gasteiger partial charge in [0.25, 0.3) is 5.91 Å². The number of terminal acetylenes is 1. The highest BCUT2D eigenvalue weighted by Gasteiger charge is 2.28. The van der Waals surface area contributed by atoms with Crippen molar-refractivity contribution in [1.82, 2.24) is 5.32 Å². The van der Waals surface area contributed by atoms with Crippen molar-refractivity contribution < 1.29 is 61.8 Å². The number of nitrogens with one attached hydrogen (secondary N) is 1. The molecule has 1 amide bonds. The minimum absolute atomic E-state index is 0.0270. The molecule has 0 aliphatic heterocycles. The van der Waals surface area contributed by atoms with Gasteiger partial charge in [-0.25, -0.2) is 4.57 Å². The van der Waals surface area contributed by atoms with Gasteiger partial charge >= 0.3 is 25.7 Å². The zero-order chi connectivity index (χ0) is 44.7. The molecule has 1 unspecified atom stereocenters. The molecule has 15 nitrogen and oxygen atoms in total. The van der Waals surface area contributed by atoms with Crippen LogP contribution in [0.5, 0.6) is 5.75 Å². The number of phosphoric ester groups is 1. The molecular weight excluding hydrogens is 807 g/mol. The van der Waals surface area contributed by atoms with Gasteiger partial charge in [0.2, 0.25) is 0 Å². The number of aliphatic carboxylic acids is 1. The maximum Gasteiger partial charge on any atom is 0.472 e. The maximum atomic E-state index is 12.8. The fourth-order valence-corrected chi connectivity index (χ4v) is 6.79. The molecule has 0 saturated carbocycles. The van der Waals surface area contributed by atoms with Crippen LogP contribution in [-0.4, -0.2) is 84.7 Å². The third-order valence-electron chi connectivity index (χ3n) is 9.56. The number of rotatable bonds is 35. The van der Waals surface area contributed by atoms with Gasteiger partial charge in [-0.1, -0.05) is 108 Å². The van der Waals surface area contributed by atoms with Crippen LogP contribution in [0.15, 0.2) is 48.5 Å². The lowest BCUT2D eigenvalue weighted by Gasteiger charge is -2.20. The monoisotopic (exact) mass is 872 g/mol. The minimum Gasteiger partial charge on any atom is -0.481 e. The first-order valence-electron chi connectivity index (χ1n) is 21.4. The standard InChI is InChI=1S/C45H65N2O13P/c1-3-5-6-7-8-9-10-11-12-13-14-15-17-21-42(49)60-39(33-58-61(54,55)59-34-40(46)45(52)53)32-57-41(48)20-18-16-19-30-47-44(51)37-24-22-35(23-25-37)43(50)36-26-28-38(29-27-36)56-31-4-2/h2,22-29,39-40H,3,5-21,30-34,46H2,1H3,(H,47,51)(H,52,53)(H,54,55)/t39-,40+/m1/s1. The Labute approximate surface area is 360 Å². The summed E-state index contributed by atoms with van der Waals surface area (Å²) in [4.78, 5) is 71.6. The van der Waals surface area contributed by atoms with Crippen LogP contribution in [0.3, 0.4) is 0 Å². The lowest BCUT2D eigenvalue weighted by molar-refractivity contribution is -0.161. The average molecular weight is 873 g/mol. The van der Waals surface area contributed by atoms with Crippen LogP contribution in [0, 0.1) is 12.3 Å². The highest BCUT2D eigenvalue weighted by Crippen LogP contribution is 2.43. The summed E-state index contributed by atoms with van der Waals surface area (Å²) in [5, 5.41) is 11.7. The quantitative estimate of drug-likeness (QED) is 0.0171. The third-order valence-corrected chi connectivity index (χ3v) is 10.5. The zero-order valence-corrected chi connectivity index (χ0v) is 36.4. The predicted molar refractivity (Wildman–Crippen MR) is 230 cm³/mol. The second kappa shape index (κ2) is 31.3. The van der Waals surface area contributed by atoms with Gasteiger partial charge in [-0.05, 0) is 55.7 Å². The molecule has 0 saturated heterocycles. The number of carboxylic acids is 1. The highest BCUT2D eigenvalue weighted by molar-refractivity contribution is 7.47. The molecule has 0 aliphatic rings. The molecule has 0 bridgehead atoms. The van der Waals surface area contributed by atoms with E-state index in [1.54, 1.807) is 48.5 Å². The molecule has 2 aromatic carbocycles. The maximum absolute atomic E-state index is 12.8. The second-order valence-corrected chi connectivity index (χ2v) is 16.2. The fourth-order valence-electron chi connectivity index (χ4n) is 6.01. The van der Waals surface area contributed by atoms with E-state index in [0.29, 0.717) is 54.7 Å². The highest BCUT2D eigenvalue weighted by atomic mass is 31.2. The zero-order valence-electron chi connectivity index (χ0n) is 35.5. The van der Waals surface area contributed by atoms with Crippen molar-refractivity contribution in [3.8, 4) is 18.1 Å². The molecule has 61 heavy (non-hydrogen) atoms. The lowest BCUT2D eigenvalue weighted by Crippen LogP contribution is -2.34. The van der Waals surface area contributed by atoms with E-state index in [4.69, 9.17) is 36.0 Å². The van der Waals surface area contributed by atoms with Crippen LogP contribution in [0.4, 0.5) is 0 Å². The smallest absolute Gasteiger partial charge is 0.472 e. The number of benzene rings is 2. The summed E-state index contributed by atoms with van der Waals surface area (Å²) in [7, 11) is -4.79. The van der Waals surface area contributed by atoms with Crippen LogP contribution in [0.2, 0.25) is 0 Å². The third kappa shape index (κ3) is 24.5. The van der Waals surface area contributed by atoms with E-state index in [1.165, 1.54) is 51.4 Å². The molecule has 3 atom stereocenters. The lowest BCUT2D eigenvalue weighted by atomic mass is 10.0. The number of unbranched alkanes of at least 4 members (excludes halogenated alkanes) is 14. The molecular formula is C45H65N2O13P. The predicted octanol–water partition coefficient (Wildman–Crippen LogP) is 7.70. The van der Waals surface area contributed by atoms with Crippen molar-refractivity contribution in [2.24, 2.45) is 5.73 Å². The SMILES string of the molecule is C#CCOc1ccc(C(=O)c2ccc(C(=O)NCCCCCC(=O)OC[C@H](COP(=O)(O)OC[C@H](N)C(=O)O)OC(=O)CCCCCCCCCCCCCCC)cc2)cc1. The van der Waals surface area contributed by atoms with Crippen molar-refractivity contribution in [2.75, 3.05) is 33.0 Å². The van der Waals surface area contributed by atoms with Crippen molar-refractivity contribution in [3.63, 3.8) is 0 Å². The van der Waals surface area contributed by atoms with Crippen molar-refractivity contribution in [3.05, 3.63) is 65.2 Å². The summed E-state index contributed by atoms with van der Waals surface area (Å²) in [5.74, 6) is -0.218. The largest absolute Gasteiger partial charge is 0.481 e. The number of carbonyl (C=O) groups excluding carboxylic acids is 4. The van der Waals surface area contributed by atoms with E-state index in [-0.39, 0.29) is 31.1 Å². The first-order chi connectivity index (χ1) is 29.3. The van der Waals surface area contributed by atoms with E-state index in [1.807, 2.05) is 0 Å². The molecule has 16 heteroatoms. The van der Waals surface area contributed by atoms with E-state index < -0.39 is 57.7 Å². The molecule has 5 N–H and O–H groups in total. The van der Waals surface area contributed by atoms with Gasteiger partial charge in [-0.2, -0.15) is 0 Å². The Kier molecular flexibility index (Phi) is 27.0. The Morgan fingerprint density at radius 3 is 1.75 bits per heavy atom. The number of hydrogen-bond acceptors (Lipinski definition) is 12. The second-order valence-electron chi connectivity index (χ2n) is 14.8. The topological polar surface area (TPSA) is 227 Å². The summed E-state index contributed by atoms with van der Waals surface area (Å²) >= 11 is 0. The average Bonchev–Trinajstić information content (AvgIpc) is 3.25. The van der Waals surface area contributed by atoms with Gasteiger partial charge < -0.3 is 35.3 Å². The number of nitrogens with two attached hydrogens (primary N) is 1. The Balaban J connectivity index is 1.71. The molecule has 338 valence electrons. The number of amides is 1. The van der Waals surface area contributed by atoms with Gasteiger partial charge in [0.1, 0.15) is 25.0 Å². The van der Waals surface area contributed by atoms with Crippen molar-refractivity contribution in [2.45, 2.75) is 135 Å². The molecule has 2 aromatic rings. The number of carbonyl (C=O) groups is 5. The van der Waals surface area contributed by atoms with Gasteiger partial charge in [0, 0.05) is 36.1 Å². The summed E-state index contributed by atoms with van der Waals surface area (Å²) < 4.78 is 37.9. The fraction of sp³-hybridized carbons (Fsp3) is 0.578. The summed E-state index contributed by atoms with van der Waals surface area (Å²) in [5.41, 5.74) is 6.58. The molecule has 0 aromatic heterocycles. The van der Waals surface area contributed by atoms with E-state index in [0.717, 1.165) is 25.7 Å². The number of ketones is 1.